The fourth-order valence-corrected chi connectivity index (χ4v) is 2.13. The van der Waals surface area contributed by atoms with E-state index in [-0.39, 0.29) is 5.91 Å². The lowest BCUT2D eigenvalue weighted by molar-refractivity contribution is 0.0950. The van der Waals surface area contributed by atoms with Crippen molar-refractivity contribution in [2.24, 2.45) is 5.10 Å². The number of carbonyl (C=O) groups is 1. The Morgan fingerprint density at radius 1 is 1.27 bits per heavy atom. The molecule has 0 aliphatic rings. The van der Waals surface area contributed by atoms with E-state index in [1.165, 1.54) is 6.21 Å². The minimum absolute atomic E-state index is 0.330. The van der Waals surface area contributed by atoms with Gasteiger partial charge in [0, 0.05) is 5.56 Å². The number of aromatic nitrogens is 2. The fraction of sp³-hybridized carbons (Fsp3) is 0. The Morgan fingerprint density at radius 3 is 2.82 bits per heavy atom. The summed E-state index contributed by atoms with van der Waals surface area (Å²) >= 11 is 3.19. The van der Waals surface area contributed by atoms with Crippen molar-refractivity contribution in [3.63, 3.8) is 0 Å². The van der Waals surface area contributed by atoms with Crippen LogP contribution in [0.25, 0.3) is 11.3 Å². The molecule has 22 heavy (non-hydrogen) atoms. The van der Waals surface area contributed by atoms with Gasteiger partial charge in [0.15, 0.2) is 4.67 Å². The zero-order chi connectivity index (χ0) is 15.4. The zero-order valence-electron chi connectivity index (χ0n) is 11.3. The van der Waals surface area contributed by atoms with Gasteiger partial charge in [-0.3, -0.25) is 9.89 Å². The predicted octanol–water partition coefficient (Wildman–Crippen LogP) is 3.20. The van der Waals surface area contributed by atoms with Crippen LogP contribution in [0, 0.1) is 0 Å². The number of hydrogen-bond acceptors (Lipinski definition) is 4. The van der Waals surface area contributed by atoms with Crippen LogP contribution in [0.1, 0.15) is 16.2 Å². The minimum Gasteiger partial charge on any atom is -0.448 e. The van der Waals surface area contributed by atoms with E-state index in [2.05, 4.69) is 36.7 Å². The van der Waals surface area contributed by atoms with Crippen LogP contribution in [0.3, 0.4) is 0 Å². The molecule has 0 fully saturated rings. The number of furan rings is 1. The quantitative estimate of drug-likeness (QED) is 0.554. The first kappa shape index (κ1) is 14.3. The summed E-state index contributed by atoms with van der Waals surface area (Å²) in [6, 6.07) is 14.7. The number of H-pyrrole nitrogens is 1. The molecule has 0 atom stereocenters. The van der Waals surface area contributed by atoms with Gasteiger partial charge in [0.05, 0.1) is 11.9 Å². The molecule has 2 N–H and O–H groups in total. The Bertz CT molecular complexity index is 808. The van der Waals surface area contributed by atoms with Gasteiger partial charge in [-0.2, -0.15) is 10.2 Å². The molecule has 3 rings (SSSR count). The Morgan fingerprint density at radius 2 is 2.09 bits per heavy atom. The molecule has 2 aromatic heterocycles. The second-order valence-electron chi connectivity index (χ2n) is 4.37. The lowest BCUT2D eigenvalue weighted by atomic mass is 10.1. The fourth-order valence-electron chi connectivity index (χ4n) is 1.81. The summed E-state index contributed by atoms with van der Waals surface area (Å²) in [6.07, 6.45) is 1.41. The molecule has 1 amide bonds. The summed E-state index contributed by atoms with van der Waals surface area (Å²) < 4.78 is 5.83. The Balaban J connectivity index is 1.66. The molecular formula is C15H11BrN4O2. The average molecular weight is 359 g/mol. The molecule has 1 aromatic carbocycles. The lowest BCUT2D eigenvalue weighted by Crippen LogP contribution is -2.17. The Kier molecular flexibility index (Phi) is 4.15. The van der Waals surface area contributed by atoms with Gasteiger partial charge >= 0.3 is 0 Å². The van der Waals surface area contributed by atoms with Crippen molar-refractivity contribution < 1.29 is 9.21 Å². The topological polar surface area (TPSA) is 83.3 Å². The van der Waals surface area contributed by atoms with E-state index in [0.717, 1.165) is 5.56 Å². The number of hydrogen-bond donors (Lipinski definition) is 2. The monoisotopic (exact) mass is 358 g/mol. The summed E-state index contributed by atoms with van der Waals surface area (Å²) in [5.41, 5.74) is 4.37. The summed E-state index contributed by atoms with van der Waals surface area (Å²) in [4.78, 5) is 11.9. The summed E-state index contributed by atoms with van der Waals surface area (Å²) in [5, 5.41) is 10.6. The van der Waals surface area contributed by atoms with Crippen molar-refractivity contribution in [1.82, 2.24) is 15.6 Å². The van der Waals surface area contributed by atoms with E-state index >= 15 is 0 Å². The van der Waals surface area contributed by atoms with E-state index in [1.54, 1.807) is 18.2 Å². The highest BCUT2D eigenvalue weighted by Gasteiger charge is 2.10. The first-order valence-electron chi connectivity index (χ1n) is 6.42. The smallest absolute Gasteiger partial charge is 0.289 e. The summed E-state index contributed by atoms with van der Waals surface area (Å²) in [7, 11) is 0. The van der Waals surface area contributed by atoms with Crippen molar-refractivity contribution in [3.05, 3.63) is 64.7 Å². The number of hydrazone groups is 1. The average Bonchev–Trinajstić information content (AvgIpc) is 3.17. The number of benzene rings is 1. The van der Waals surface area contributed by atoms with Crippen molar-refractivity contribution in [3.8, 4) is 11.3 Å². The van der Waals surface area contributed by atoms with Crippen molar-refractivity contribution in [2.75, 3.05) is 0 Å². The van der Waals surface area contributed by atoms with Crippen LogP contribution in [-0.4, -0.2) is 22.3 Å². The number of carbonyl (C=O) groups excluding carboxylic acids is 1. The van der Waals surface area contributed by atoms with Crippen LogP contribution < -0.4 is 5.43 Å². The van der Waals surface area contributed by atoms with Gasteiger partial charge < -0.3 is 4.42 Å². The third-order valence-electron chi connectivity index (χ3n) is 2.84. The number of rotatable bonds is 4. The van der Waals surface area contributed by atoms with Crippen LogP contribution in [0.4, 0.5) is 0 Å². The van der Waals surface area contributed by atoms with Crippen molar-refractivity contribution >= 4 is 28.1 Å². The van der Waals surface area contributed by atoms with Gasteiger partial charge in [-0.25, -0.2) is 5.43 Å². The molecule has 0 bridgehead atoms. The summed E-state index contributed by atoms with van der Waals surface area (Å²) in [6.45, 7) is 0. The SMILES string of the molecule is O=C(N/N=C/c1ccc(Br)o1)c1cc(-c2ccccc2)n[nH]1. The predicted molar refractivity (Wildman–Crippen MR) is 85.5 cm³/mol. The molecule has 0 unspecified atom stereocenters. The van der Waals surface area contributed by atoms with Crippen LogP contribution in [0.5, 0.6) is 0 Å². The molecule has 0 aliphatic heterocycles. The molecule has 110 valence electrons. The second-order valence-corrected chi connectivity index (χ2v) is 5.16. The molecular weight excluding hydrogens is 348 g/mol. The number of nitrogens with one attached hydrogen (secondary N) is 2. The Labute approximate surface area is 134 Å². The highest BCUT2D eigenvalue weighted by Crippen LogP contribution is 2.16. The van der Waals surface area contributed by atoms with Crippen molar-refractivity contribution in [1.29, 1.82) is 0 Å². The third-order valence-corrected chi connectivity index (χ3v) is 3.27. The maximum Gasteiger partial charge on any atom is 0.289 e. The standard InChI is InChI=1S/C15H11BrN4O2/c16-14-7-6-11(22-14)9-17-20-15(21)13-8-12(18-19-13)10-4-2-1-3-5-10/h1-9H,(H,18,19)(H,20,21)/b17-9+. The largest absolute Gasteiger partial charge is 0.448 e. The first-order chi connectivity index (χ1) is 10.7. The van der Waals surface area contributed by atoms with Gasteiger partial charge in [0.1, 0.15) is 11.5 Å². The number of amides is 1. The lowest BCUT2D eigenvalue weighted by Gasteiger charge is -1.94. The zero-order valence-corrected chi connectivity index (χ0v) is 12.9. The third kappa shape index (κ3) is 3.32. The highest BCUT2D eigenvalue weighted by atomic mass is 79.9. The number of nitrogens with zero attached hydrogens (tertiary/aromatic N) is 2. The maximum absolute atomic E-state index is 11.9. The van der Waals surface area contributed by atoms with Crippen molar-refractivity contribution in [2.45, 2.75) is 0 Å². The van der Waals surface area contributed by atoms with Crippen LogP contribution in [0.2, 0.25) is 0 Å². The highest BCUT2D eigenvalue weighted by molar-refractivity contribution is 9.10. The van der Waals surface area contributed by atoms with Gasteiger partial charge in [-0.05, 0) is 34.1 Å². The molecule has 6 nitrogen and oxygen atoms in total. The van der Waals surface area contributed by atoms with Gasteiger partial charge in [0.2, 0.25) is 0 Å². The molecule has 0 aliphatic carbocycles. The summed E-state index contributed by atoms with van der Waals surface area (Å²) in [5.74, 6) is 0.151. The van der Waals surface area contributed by atoms with Crippen LogP contribution in [0.15, 0.2) is 62.7 Å². The van der Waals surface area contributed by atoms with Crippen LogP contribution in [-0.2, 0) is 0 Å². The molecule has 0 saturated carbocycles. The van der Waals surface area contributed by atoms with Gasteiger partial charge in [0.25, 0.3) is 5.91 Å². The number of aromatic amines is 1. The van der Waals surface area contributed by atoms with E-state index < -0.39 is 0 Å². The second kappa shape index (κ2) is 6.40. The van der Waals surface area contributed by atoms with E-state index in [9.17, 15) is 4.79 Å². The molecule has 2 heterocycles. The molecule has 0 spiro atoms. The molecule has 3 aromatic rings. The normalized spacial score (nSPS) is 11.0. The van der Waals surface area contributed by atoms with Crippen LogP contribution >= 0.6 is 15.9 Å². The van der Waals surface area contributed by atoms with E-state index in [4.69, 9.17) is 4.42 Å². The van der Waals surface area contributed by atoms with Gasteiger partial charge in [-0.15, -0.1) is 0 Å². The van der Waals surface area contributed by atoms with E-state index in [1.807, 2.05) is 30.3 Å². The number of halogens is 1. The minimum atomic E-state index is -0.378. The maximum atomic E-state index is 11.9. The Hall–Kier alpha value is -2.67. The first-order valence-corrected chi connectivity index (χ1v) is 7.21. The van der Waals surface area contributed by atoms with E-state index in [0.29, 0.717) is 21.8 Å². The molecule has 7 heteroatoms. The molecule has 0 radical (unpaired) electrons. The molecule has 0 saturated heterocycles. The van der Waals surface area contributed by atoms with Gasteiger partial charge in [-0.1, -0.05) is 30.3 Å².